The van der Waals surface area contributed by atoms with Gasteiger partial charge in [-0.3, -0.25) is 4.98 Å². The molecule has 0 saturated heterocycles. The molecule has 1 saturated carbocycles. The minimum absolute atomic E-state index is 0.0656. The Balaban J connectivity index is 1.97. The molecule has 2 heteroatoms. The highest BCUT2D eigenvalue weighted by Crippen LogP contribution is 2.39. The van der Waals surface area contributed by atoms with Crippen molar-refractivity contribution in [1.29, 1.82) is 0 Å². The lowest BCUT2D eigenvalue weighted by molar-refractivity contribution is 0.416. The molecule has 2 aromatic rings. The van der Waals surface area contributed by atoms with Crippen LogP contribution in [-0.4, -0.2) is 4.98 Å². The Labute approximate surface area is 114 Å². The summed E-state index contributed by atoms with van der Waals surface area (Å²) in [7, 11) is 0. The van der Waals surface area contributed by atoms with E-state index >= 15 is 0 Å². The van der Waals surface area contributed by atoms with E-state index in [9.17, 15) is 0 Å². The van der Waals surface area contributed by atoms with Crippen molar-refractivity contribution in [2.75, 3.05) is 0 Å². The summed E-state index contributed by atoms with van der Waals surface area (Å²) in [5.41, 5.74) is 11.4. The van der Waals surface area contributed by atoms with Crippen LogP contribution in [0.5, 0.6) is 0 Å². The normalized spacial score (nSPS) is 16.9. The van der Waals surface area contributed by atoms with Crippen LogP contribution in [0.2, 0.25) is 0 Å². The Bertz CT molecular complexity index is 573. The van der Waals surface area contributed by atoms with Gasteiger partial charge in [0.15, 0.2) is 0 Å². The number of hydrogen-bond donors (Lipinski definition) is 1. The number of nitrogens with zero attached hydrogens (tertiary/aromatic N) is 1. The summed E-state index contributed by atoms with van der Waals surface area (Å²) < 4.78 is 0. The SMILES string of the molecule is Cc1cncc(C(N)c2ccccc2C2CCC2)c1. The molecular weight excluding hydrogens is 232 g/mol. The second-order valence-electron chi connectivity index (χ2n) is 5.53. The van der Waals surface area contributed by atoms with Crippen molar-refractivity contribution in [2.24, 2.45) is 5.73 Å². The van der Waals surface area contributed by atoms with E-state index in [1.54, 1.807) is 0 Å². The molecule has 1 unspecified atom stereocenters. The zero-order valence-corrected chi connectivity index (χ0v) is 11.3. The summed E-state index contributed by atoms with van der Waals surface area (Å²) in [6.07, 6.45) is 7.70. The molecular formula is C17H20N2. The summed E-state index contributed by atoms with van der Waals surface area (Å²) in [6, 6.07) is 10.7. The van der Waals surface area contributed by atoms with Crippen LogP contribution in [0.3, 0.4) is 0 Å². The smallest absolute Gasteiger partial charge is 0.0569 e. The molecule has 1 aromatic heterocycles. The highest BCUT2D eigenvalue weighted by Gasteiger charge is 2.24. The molecule has 0 aliphatic heterocycles. The maximum absolute atomic E-state index is 6.46. The average molecular weight is 252 g/mol. The lowest BCUT2D eigenvalue weighted by Crippen LogP contribution is -2.18. The Kier molecular flexibility index (Phi) is 3.34. The van der Waals surface area contributed by atoms with Crippen molar-refractivity contribution >= 4 is 0 Å². The van der Waals surface area contributed by atoms with Gasteiger partial charge in [-0.25, -0.2) is 0 Å². The first-order valence-electron chi connectivity index (χ1n) is 7.01. The van der Waals surface area contributed by atoms with Gasteiger partial charge in [-0.15, -0.1) is 0 Å². The third kappa shape index (κ3) is 2.41. The van der Waals surface area contributed by atoms with Crippen LogP contribution in [-0.2, 0) is 0 Å². The zero-order chi connectivity index (χ0) is 13.2. The molecule has 2 nitrogen and oxygen atoms in total. The van der Waals surface area contributed by atoms with E-state index in [1.165, 1.54) is 30.4 Å². The Morgan fingerprint density at radius 1 is 1.21 bits per heavy atom. The molecule has 1 aromatic carbocycles. The summed E-state index contributed by atoms with van der Waals surface area (Å²) >= 11 is 0. The fraction of sp³-hybridized carbons (Fsp3) is 0.353. The summed E-state index contributed by atoms with van der Waals surface area (Å²) in [6.45, 7) is 2.06. The zero-order valence-electron chi connectivity index (χ0n) is 11.3. The van der Waals surface area contributed by atoms with Crippen molar-refractivity contribution in [3.05, 3.63) is 65.0 Å². The van der Waals surface area contributed by atoms with Gasteiger partial charge in [0.25, 0.3) is 0 Å². The number of aryl methyl sites for hydroxylation is 1. The number of hydrogen-bond acceptors (Lipinski definition) is 2. The van der Waals surface area contributed by atoms with Crippen LogP contribution in [0, 0.1) is 6.92 Å². The summed E-state index contributed by atoms with van der Waals surface area (Å²) in [4.78, 5) is 4.26. The molecule has 1 heterocycles. The maximum atomic E-state index is 6.46. The first-order chi connectivity index (χ1) is 9.25. The number of rotatable bonds is 3. The van der Waals surface area contributed by atoms with Gasteiger partial charge < -0.3 is 5.73 Å². The molecule has 0 radical (unpaired) electrons. The third-order valence-electron chi connectivity index (χ3n) is 4.13. The minimum atomic E-state index is -0.0656. The summed E-state index contributed by atoms with van der Waals surface area (Å²) in [5.74, 6) is 0.708. The predicted octanol–water partition coefficient (Wildman–Crippen LogP) is 3.71. The highest BCUT2D eigenvalue weighted by atomic mass is 14.7. The van der Waals surface area contributed by atoms with E-state index in [0.717, 1.165) is 11.1 Å². The lowest BCUT2D eigenvalue weighted by atomic mass is 9.76. The van der Waals surface area contributed by atoms with E-state index in [1.807, 2.05) is 12.4 Å². The fourth-order valence-corrected chi connectivity index (χ4v) is 2.81. The standard InChI is InChI=1S/C17H20N2/c1-12-9-14(11-19-10-12)17(18)16-8-3-2-7-15(16)13-5-4-6-13/h2-3,7-11,13,17H,4-6,18H2,1H3. The van der Waals surface area contributed by atoms with Crippen LogP contribution in [0.1, 0.15) is 53.5 Å². The monoisotopic (exact) mass is 252 g/mol. The lowest BCUT2D eigenvalue weighted by Gasteiger charge is -2.29. The van der Waals surface area contributed by atoms with Crippen LogP contribution in [0.15, 0.2) is 42.7 Å². The quantitative estimate of drug-likeness (QED) is 0.904. The van der Waals surface area contributed by atoms with E-state index in [4.69, 9.17) is 5.73 Å². The van der Waals surface area contributed by atoms with E-state index in [0.29, 0.717) is 5.92 Å². The predicted molar refractivity (Wildman–Crippen MR) is 78.0 cm³/mol. The largest absolute Gasteiger partial charge is 0.320 e. The fourth-order valence-electron chi connectivity index (χ4n) is 2.81. The minimum Gasteiger partial charge on any atom is -0.320 e. The second kappa shape index (κ2) is 5.14. The van der Waals surface area contributed by atoms with Gasteiger partial charge in [-0.2, -0.15) is 0 Å². The molecule has 2 N–H and O–H groups in total. The Hall–Kier alpha value is -1.67. The highest BCUT2D eigenvalue weighted by molar-refractivity contribution is 5.39. The molecule has 0 amide bonds. The van der Waals surface area contributed by atoms with E-state index in [2.05, 4.69) is 42.2 Å². The molecule has 1 aliphatic carbocycles. The van der Waals surface area contributed by atoms with Crippen LogP contribution < -0.4 is 5.73 Å². The maximum Gasteiger partial charge on any atom is 0.0569 e. The van der Waals surface area contributed by atoms with Crippen molar-refractivity contribution in [3.63, 3.8) is 0 Å². The molecule has 0 bridgehead atoms. The average Bonchev–Trinajstić information content (AvgIpc) is 2.37. The molecule has 1 aliphatic rings. The van der Waals surface area contributed by atoms with Crippen molar-refractivity contribution in [2.45, 2.75) is 38.1 Å². The first kappa shape index (κ1) is 12.4. The molecule has 98 valence electrons. The second-order valence-corrected chi connectivity index (χ2v) is 5.53. The Morgan fingerprint density at radius 2 is 2.00 bits per heavy atom. The van der Waals surface area contributed by atoms with Crippen LogP contribution in [0.25, 0.3) is 0 Å². The van der Waals surface area contributed by atoms with Crippen LogP contribution in [0.4, 0.5) is 0 Å². The van der Waals surface area contributed by atoms with Gasteiger partial charge in [-0.05, 0) is 47.9 Å². The molecule has 1 atom stereocenters. The van der Waals surface area contributed by atoms with Gasteiger partial charge in [0.2, 0.25) is 0 Å². The number of nitrogens with two attached hydrogens (primary N) is 1. The first-order valence-corrected chi connectivity index (χ1v) is 7.01. The van der Waals surface area contributed by atoms with Crippen LogP contribution >= 0.6 is 0 Å². The molecule has 19 heavy (non-hydrogen) atoms. The van der Waals surface area contributed by atoms with Gasteiger partial charge in [0.05, 0.1) is 6.04 Å². The summed E-state index contributed by atoms with van der Waals surface area (Å²) in [5, 5.41) is 0. The molecule has 0 spiro atoms. The van der Waals surface area contributed by atoms with Gasteiger partial charge >= 0.3 is 0 Å². The van der Waals surface area contributed by atoms with Gasteiger partial charge in [0, 0.05) is 12.4 Å². The van der Waals surface area contributed by atoms with Crippen molar-refractivity contribution in [1.82, 2.24) is 4.98 Å². The van der Waals surface area contributed by atoms with Crippen molar-refractivity contribution < 1.29 is 0 Å². The van der Waals surface area contributed by atoms with Gasteiger partial charge in [-0.1, -0.05) is 36.8 Å². The van der Waals surface area contributed by atoms with Crippen molar-refractivity contribution in [3.8, 4) is 0 Å². The van der Waals surface area contributed by atoms with E-state index < -0.39 is 0 Å². The van der Waals surface area contributed by atoms with E-state index in [-0.39, 0.29) is 6.04 Å². The number of benzene rings is 1. The Morgan fingerprint density at radius 3 is 2.68 bits per heavy atom. The number of aromatic nitrogens is 1. The molecule has 1 fully saturated rings. The molecule has 3 rings (SSSR count). The van der Waals surface area contributed by atoms with Gasteiger partial charge in [0.1, 0.15) is 0 Å². The third-order valence-corrected chi connectivity index (χ3v) is 4.13. The topological polar surface area (TPSA) is 38.9 Å². The number of pyridine rings is 1.